The minimum absolute atomic E-state index is 0.0166. The van der Waals surface area contributed by atoms with Crippen LogP contribution in [0.2, 0.25) is 0 Å². The largest absolute Gasteiger partial charge is 0.391 e. The van der Waals surface area contributed by atoms with Gasteiger partial charge in [0.15, 0.2) is 11.5 Å². The molecule has 2 fully saturated rings. The zero-order chi connectivity index (χ0) is 31.3. The normalized spacial score (nSPS) is 20.6. The molecule has 2 aromatic heterocycles. The highest BCUT2D eigenvalue weighted by Crippen LogP contribution is 2.36. The van der Waals surface area contributed by atoms with Crippen molar-refractivity contribution >= 4 is 23.1 Å². The molecule has 43 heavy (non-hydrogen) atoms. The van der Waals surface area contributed by atoms with Crippen LogP contribution in [0.5, 0.6) is 0 Å². The van der Waals surface area contributed by atoms with Gasteiger partial charge in [0.05, 0.1) is 24.2 Å². The van der Waals surface area contributed by atoms with E-state index < -0.39 is 41.8 Å². The summed E-state index contributed by atoms with van der Waals surface area (Å²) in [4.78, 5) is 32.7. The van der Waals surface area contributed by atoms with Gasteiger partial charge in [-0.15, -0.1) is 0 Å². The molecule has 0 unspecified atom stereocenters. The van der Waals surface area contributed by atoms with E-state index in [9.17, 15) is 31.5 Å². The number of aryl methyl sites for hydroxylation is 1. The molecule has 2 atom stereocenters. The maximum atomic E-state index is 14.8. The first-order valence-electron chi connectivity index (χ1n) is 14.1. The lowest BCUT2D eigenvalue weighted by Gasteiger charge is -2.32. The number of anilines is 1. The Hall–Kier alpha value is -3.81. The van der Waals surface area contributed by atoms with Crippen LogP contribution in [0.3, 0.4) is 0 Å². The number of likely N-dealkylation sites (tertiary alicyclic amines) is 2. The van der Waals surface area contributed by atoms with E-state index in [0.29, 0.717) is 28.9 Å². The van der Waals surface area contributed by atoms with Crippen molar-refractivity contribution in [3.05, 3.63) is 47.3 Å². The van der Waals surface area contributed by atoms with E-state index in [2.05, 4.69) is 15.4 Å². The molecular formula is C29H34F5N7O2. The van der Waals surface area contributed by atoms with Crippen LogP contribution < -0.4 is 11.1 Å². The van der Waals surface area contributed by atoms with Crippen molar-refractivity contribution in [2.45, 2.75) is 64.2 Å². The molecule has 232 valence electrons. The number of carbonyl (C=O) groups is 2. The maximum absolute atomic E-state index is 14.8. The molecule has 0 aliphatic carbocycles. The summed E-state index contributed by atoms with van der Waals surface area (Å²) < 4.78 is 70.0. The van der Waals surface area contributed by atoms with E-state index in [0.717, 1.165) is 24.3 Å². The second-order valence-corrected chi connectivity index (χ2v) is 11.9. The van der Waals surface area contributed by atoms with Crippen LogP contribution in [0, 0.1) is 12.8 Å². The summed E-state index contributed by atoms with van der Waals surface area (Å²) in [6.07, 6.45) is -4.44. The Balaban J connectivity index is 1.38. The van der Waals surface area contributed by atoms with Crippen LogP contribution in [0.25, 0.3) is 16.8 Å². The molecule has 9 nitrogen and oxygen atoms in total. The number of rotatable bonds is 6. The third kappa shape index (κ3) is 6.29. The summed E-state index contributed by atoms with van der Waals surface area (Å²) >= 11 is 0. The van der Waals surface area contributed by atoms with Gasteiger partial charge in [-0.1, -0.05) is 12.1 Å². The quantitative estimate of drug-likeness (QED) is 0.409. The smallest absolute Gasteiger partial charge is 0.382 e. The SMILES string of the molecule is Cc1ccc(-c2cc(CN3CCC(C(F)(F)F)CC3)c3c(N)ncnn23)cc1C(=O)N[C@@H]1CN(C(=O)C(C)(C)F)C[C@@H]1F. The molecule has 0 spiro atoms. The van der Waals surface area contributed by atoms with Gasteiger partial charge in [0, 0.05) is 24.2 Å². The Bertz CT molecular complexity index is 1530. The molecule has 0 radical (unpaired) electrons. The minimum Gasteiger partial charge on any atom is -0.382 e. The second-order valence-electron chi connectivity index (χ2n) is 11.9. The topological polar surface area (TPSA) is 109 Å². The number of amides is 2. The van der Waals surface area contributed by atoms with Gasteiger partial charge < -0.3 is 16.0 Å². The van der Waals surface area contributed by atoms with Gasteiger partial charge in [-0.25, -0.2) is 18.3 Å². The number of nitrogens with zero attached hydrogens (tertiary/aromatic N) is 5. The lowest BCUT2D eigenvalue weighted by molar-refractivity contribution is -0.185. The first kappa shape index (κ1) is 30.6. The number of aromatic nitrogens is 3. The maximum Gasteiger partial charge on any atom is 0.391 e. The fourth-order valence-corrected chi connectivity index (χ4v) is 5.84. The van der Waals surface area contributed by atoms with Crippen LogP contribution in [0.15, 0.2) is 30.6 Å². The van der Waals surface area contributed by atoms with E-state index in [1.807, 2.05) is 11.0 Å². The predicted molar refractivity (Wildman–Crippen MR) is 150 cm³/mol. The van der Waals surface area contributed by atoms with Gasteiger partial charge in [0.25, 0.3) is 11.8 Å². The highest BCUT2D eigenvalue weighted by Gasteiger charge is 2.42. The van der Waals surface area contributed by atoms with Crippen LogP contribution in [-0.2, 0) is 11.3 Å². The van der Waals surface area contributed by atoms with E-state index in [-0.39, 0.29) is 50.4 Å². The molecule has 2 saturated heterocycles. The van der Waals surface area contributed by atoms with E-state index >= 15 is 0 Å². The number of piperidine rings is 1. The summed E-state index contributed by atoms with van der Waals surface area (Å²) in [6.45, 7) is 4.38. The van der Waals surface area contributed by atoms with Gasteiger partial charge in [-0.2, -0.15) is 18.3 Å². The molecule has 1 aromatic carbocycles. The number of alkyl halides is 5. The third-order valence-corrected chi connectivity index (χ3v) is 8.24. The number of hydrogen-bond acceptors (Lipinski definition) is 6. The zero-order valence-electron chi connectivity index (χ0n) is 24.1. The highest BCUT2D eigenvalue weighted by molar-refractivity contribution is 5.97. The van der Waals surface area contributed by atoms with E-state index in [4.69, 9.17) is 5.73 Å². The lowest BCUT2D eigenvalue weighted by atomic mass is 9.96. The molecule has 0 bridgehead atoms. The predicted octanol–water partition coefficient (Wildman–Crippen LogP) is 4.09. The van der Waals surface area contributed by atoms with Gasteiger partial charge in [0.1, 0.15) is 18.0 Å². The highest BCUT2D eigenvalue weighted by atomic mass is 19.4. The van der Waals surface area contributed by atoms with Crippen molar-refractivity contribution < 1.29 is 31.5 Å². The second kappa shape index (κ2) is 11.4. The number of nitrogens with one attached hydrogen (secondary N) is 1. The average molecular weight is 608 g/mol. The molecule has 3 N–H and O–H groups in total. The molecule has 2 aliphatic rings. The summed E-state index contributed by atoms with van der Waals surface area (Å²) in [5, 5.41) is 7.00. The van der Waals surface area contributed by atoms with Crippen LogP contribution in [0.4, 0.5) is 27.8 Å². The summed E-state index contributed by atoms with van der Waals surface area (Å²) in [5.41, 5.74) is 7.39. The number of benzene rings is 1. The average Bonchev–Trinajstić information content (AvgIpc) is 3.48. The Labute approximate surface area is 245 Å². The molecule has 0 saturated carbocycles. The van der Waals surface area contributed by atoms with Crippen LogP contribution in [-0.4, -0.2) is 86.4 Å². The third-order valence-electron chi connectivity index (χ3n) is 8.24. The fourth-order valence-electron chi connectivity index (χ4n) is 5.84. The number of fused-ring (bicyclic) bond motifs is 1. The van der Waals surface area contributed by atoms with Gasteiger partial charge >= 0.3 is 6.18 Å². The molecule has 2 amide bonds. The molecule has 2 aliphatic heterocycles. The summed E-state index contributed by atoms with van der Waals surface area (Å²) in [6, 6.07) is 6.00. The standard InChI is InChI=1S/C29H34F5N7O2/c1-16-4-5-17(10-20(16)26(42)38-22-14-40(13-21(22)30)27(43)28(2,3)31)23-11-18(24-25(35)36-15-37-41(23)24)12-39-8-6-19(7-9-39)29(32,33)34/h4-5,10-11,15,19,21-22H,6-9,12-14H2,1-3H3,(H,38,42)(H2,35,36,37)/t21-,22+/m0/s1. The monoisotopic (exact) mass is 607 g/mol. The Morgan fingerprint density at radius 2 is 1.79 bits per heavy atom. The molecule has 5 rings (SSSR count). The number of nitrogen functional groups attached to an aromatic ring is 1. The van der Waals surface area contributed by atoms with Gasteiger partial charge in [-0.05, 0) is 70.0 Å². The number of hydrogen-bond donors (Lipinski definition) is 2. The molecule has 14 heteroatoms. The van der Waals surface area contributed by atoms with Crippen molar-refractivity contribution in [1.82, 2.24) is 29.7 Å². The Kier molecular flexibility index (Phi) is 8.09. The zero-order valence-corrected chi connectivity index (χ0v) is 24.1. The minimum atomic E-state index is -4.21. The first-order valence-corrected chi connectivity index (χ1v) is 14.1. The van der Waals surface area contributed by atoms with Crippen molar-refractivity contribution in [3.8, 4) is 11.3 Å². The van der Waals surface area contributed by atoms with Crippen LogP contribution >= 0.6 is 0 Å². The first-order chi connectivity index (χ1) is 20.1. The van der Waals surface area contributed by atoms with Gasteiger partial charge in [0.2, 0.25) is 0 Å². The number of carbonyl (C=O) groups excluding carboxylic acids is 2. The molecule has 4 heterocycles. The molecule has 3 aromatic rings. The molecular weight excluding hydrogens is 573 g/mol. The van der Waals surface area contributed by atoms with Crippen molar-refractivity contribution in [2.75, 3.05) is 31.9 Å². The van der Waals surface area contributed by atoms with E-state index in [1.165, 1.54) is 6.33 Å². The fraction of sp³-hybridized carbons (Fsp3) is 0.517. The van der Waals surface area contributed by atoms with Crippen molar-refractivity contribution in [1.29, 1.82) is 0 Å². The Morgan fingerprint density at radius 1 is 1.09 bits per heavy atom. The van der Waals surface area contributed by atoms with Gasteiger partial charge in [-0.3, -0.25) is 14.5 Å². The lowest BCUT2D eigenvalue weighted by Crippen LogP contribution is -2.44. The summed E-state index contributed by atoms with van der Waals surface area (Å²) in [7, 11) is 0. The van der Waals surface area contributed by atoms with Crippen molar-refractivity contribution in [2.24, 2.45) is 5.92 Å². The summed E-state index contributed by atoms with van der Waals surface area (Å²) in [5.74, 6) is -2.50. The Morgan fingerprint density at radius 3 is 2.44 bits per heavy atom. The number of nitrogens with two attached hydrogens (primary N) is 1. The van der Waals surface area contributed by atoms with Crippen LogP contribution in [0.1, 0.15) is 48.2 Å². The van der Waals surface area contributed by atoms with E-state index in [1.54, 1.807) is 29.6 Å². The van der Waals surface area contributed by atoms with Crippen molar-refractivity contribution in [3.63, 3.8) is 0 Å². The number of halogens is 5.